The van der Waals surface area contributed by atoms with Gasteiger partial charge in [-0.05, 0) is 30.2 Å². The van der Waals surface area contributed by atoms with Gasteiger partial charge in [0.1, 0.15) is 5.82 Å². The van der Waals surface area contributed by atoms with Crippen molar-refractivity contribution in [1.82, 2.24) is 5.32 Å². The van der Waals surface area contributed by atoms with Crippen LogP contribution in [-0.2, 0) is 6.42 Å². The minimum atomic E-state index is -0.114. The van der Waals surface area contributed by atoms with Crippen LogP contribution in [0, 0.1) is 5.82 Å². The minimum absolute atomic E-state index is 0. The van der Waals surface area contributed by atoms with Crippen LogP contribution in [0.5, 0.6) is 0 Å². The molecule has 0 aliphatic carbocycles. The average molecular weight is 229 g/mol. The van der Waals surface area contributed by atoms with E-state index in [-0.39, 0.29) is 18.2 Å². The molecule has 3 rings (SSSR count). The Bertz CT molecular complexity index is 370. The van der Waals surface area contributed by atoms with Crippen molar-refractivity contribution in [3.8, 4) is 0 Å². The second kappa shape index (κ2) is 3.99. The van der Waals surface area contributed by atoms with Crippen LogP contribution in [0.1, 0.15) is 5.56 Å². The Labute approximate surface area is 94.9 Å². The number of hydrogen-bond donors (Lipinski definition) is 1. The third-order valence-electron chi connectivity index (χ3n) is 3.16. The summed E-state index contributed by atoms with van der Waals surface area (Å²) < 4.78 is 13.0. The molecule has 0 bridgehead atoms. The second-order valence-corrected chi connectivity index (χ2v) is 4.03. The topological polar surface area (TPSA) is 15.3 Å². The van der Waals surface area contributed by atoms with Gasteiger partial charge in [-0.1, -0.05) is 0 Å². The van der Waals surface area contributed by atoms with Crippen molar-refractivity contribution in [3.63, 3.8) is 0 Å². The van der Waals surface area contributed by atoms with Gasteiger partial charge < -0.3 is 10.2 Å². The van der Waals surface area contributed by atoms with Crippen LogP contribution in [0.2, 0.25) is 0 Å². The maximum atomic E-state index is 13.0. The minimum Gasteiger partial charge on any atom is -0.365 e. The third kappa shape index (κ3) is 1.70. The predicted molar refractivity (Wildman–Crippen MR) is 61.4 cm³/mol. The fourth-order valence-corrected chi connectivity index (χ4v) is 2.51. The largest absolute Gasteiger partial charge is 0.365 e. The summed E-state index contributed by atoms with van der Waals surface area (Å²) >= 11 is 0. The summed E-state index contributed by atoms with van der Waals surface area (Å²) in [4.78, 5) is 2.39. The first-order valence-electron chi connectivity index (χ1n) is 5.10. The van der Waals surface area contributed by atoms with Crippen molar-refractivity contribution >= 4 is 18.1 Å². The molecule has 0 saturated carbocycles. The van der Waals surface area contributed by atoms with Gasteiger partial charge >= 0.3 is 0 Å². The summed E-state index contributed by atoms with van der Waals surface area (Å²) in [5.41, 5.74) is 2.40. The van der Waals surface area contributed by atoms with E-state index in [2.05, 4.69) is 10.2 Å². The first-order valence-corrected chi connectivity index (χ1v) is 5.10. The lowest BCUT2D eigenvalue weighted by Gasteiger charge is -2.32. The fourth-order valence-electron chi connectivity index (χ4n) is 2.51. The van der Waals surface area contributed by atoms with Crippen molar-refractivity contribution in [1.29, 1.82) is 0 Å². The van der Waals surface area contributed by atoms with E-state index in [1.54, 1.807) is 12.1 Å². The van der Waals surface area contributed by atoms with E-state index >= 15 is 0 Å². The first-order chi connectivity index (χ1) is 6.84. The van der Waals surface area contributed by atoms with Gasteiger partial charge in [0.25, 0.3) is 0 Å². The van der Waals surface area contributed by atoms with E-state index in [0.29, 0.717) is 6.04 Å². The van der Waals surface area contributed by atoms with Crippen molar-refractivity contribution in [2.45, 2.75) is 12.5 Å². The Morgan fingerprint density at radius 3 is 3.13 bits per heavy atom. The molecule has 2 nitrogen and oxygen atoms in total. The van der Waals surface area contributed by atoms with Crippen molar-refractivity contribution in [2.24, 2.45) is 0 Å². The molecule has 1 N–H and O–H groups in total. The predicted octanol–water partition coefficient (Wildman–Crippen LogP) is 1.58. The van der Waals surface area contributed by atoms with Gasteiger partial charge in [-0.2, -0.15) is 0 Å². The fraction of sp³-hybridized carbons (Fsp3) is 0.455. The van der Waals surface area contributed by atoms with Crippen LogP contribution in [0.3, 0.4) is 0 Å². The molecule has 2 aliphatic rings. The molecular weight excluding hydrogens is 215 g/mol. The number of benzene rings is 1. The molecule has 0 amide bonds. The molecule has 82 valence electrons. The maximum Gasteiger partial charge on any atom is 0.123 e. The number of nitrogens with one attached hydrogen (secondary N) is 1. The molecule has 1 unspecified atom stereocenters. The number of nitrogens with zero attached hydrogens (tertiary/aromatic N) is 1. The number of anilines is 1. The molecule has 2 aliphatic heterocycles. The molecule has 1 saturated heterocycles. The van der Waals surface area contributed by atoms with Gasteiger partial charge in [0.2, 0.25) is 0 Å². The monoisotopic (exact) mass is 228 g/mol. The van der Waals surface area contributed by atoms with Gasteiger partial charge in [0.15, 0.2) is 0 Å². The zero-order valence-electron chi connectivity index (χ0n) is 8.37. The van der Waals surface area contributed by atoms with E-state index in [9.17, 15) is 4.39 Å². The van der Waals surface area contributed by atoms with E-state index in [0.717, 1.165) is 26.1 Å². The Morgan fingerprint density at radius 2 is 2.27 bits per heavy atom. The molecule has 0 aromatic heterocycles. The highest BCUT2D eigenvalue weighted by Gasteiger charge is 2.30. The standard InChI is InChI=1S/C11H13FN2.ClH/c12-9-1-2-11-8(5-9)6-10-7-13-3-4-14(10)11;/h1-2,5,10,13H,3-4,6-7H2;1H. The highest BCUT2D eigenvalue weighted by atomic mass is 35.5. The molecule has 1 aromatic carbocycles. The number of hydrogen-bond acceptors (Lipinski definition) is 2. The zero-order chi connectivity index (χ0) is 9.54. The smallest absolute Gasteiger partial charge is 0.123 e. The van der Waals surface area contributed by atoms with Crippen molar-refractivity contribution in [2.75, 3.05) is 24.5 Å². The molecule has 2 heterocycles. The number of fused-ring (bicyclic) bond motifs is 3. The highest BCUT2D eigenvalue weighted by Crippen LogP contribution is 2.32. The van der Waals surface area contributed by atoms with Gasteiger partial charge in [-0.25, -0.2) is 4.39 Å². The lowest BCUT2D eigenvalue weighted by Crippen LogP contribution is -2.49. The van der Waals surface area contributed by atoms with Crippen LogP contribution in [-0.4, -0.2) is 25.7 Å². The molecule has 1 atom stereocenters. The Balaban J connectivity index is 0.000000853. The number of rotatable bonds is 0. The van der Waals surface area contributed by atoms with E-state index in [1.807, 2.05) is 6.07 Å². The Morgan fingerprint density at radius 1 is 1.40 bits per heavy atom. The first kappa shape index (κ1) is 10.7. The lowest BCUT2D eigenvalue weighted by molar-refractivity contribution is 0.495. The summed E-state index contributed by atoms with van der Waals surface area (Å²) in [6, 6.07) is 5.69. The van der Waals surface area contributed by atoms with Crippen LogP contribution >= 0.6 is 12.4 Å². The van der Waals surface area contributed by atoms with Gasteiger partial charge in [0.05, 0.1) is 0 Å². The highest BCUT2D eigenvalue weighted by molar-refractivity contribution is 5.85. The van der Waals surface area contributed by atoms with Crippen LogP contribution in [0.4, 0.5) is 10.1 Å². The van der Waals surface area contributed by atoms with Crippen molar-refractivity contribution < 1.29 is 4.39 Å². The number of piperazine rings is 1. The molecular formula is C11H14ClFN2. The Hall–Kier alpha value is -0.800. The SMILES string of the molecule is Cl.Fc1ccc2c(c1)CC1CNCCN21. The molecule has 15 heavy (non-hydrogen) atoms. The van der Waals surface area contributed by atoms with Gasteiger partial charge in [0, 0.05) is 31.4 Å². The van der Waals surface area contributed by atoms with E-state index < -0.39 is 0 Å². The zero-order valence-corrected chi connectivity index (χ0v) is 9.19. The summed E-state index contributed by atoms with van der Waals surface area (Å²) in [5.74, 6) is -0.114. The normalized spacial score (nSPS) is 23.0. The summed E-state index contributed by atoms with van der Waals surface area (Å²) in [7, 11) is 0. The molecule has 0 spiro atoms. The van der Waals surface area contributed by atoms with Crippen LogP contribution in [0.25, 0.3) is 0 Å². The lowest BCUT2D eigenvalue weighted by atomic mass is 10.1. The maximum absolute atomic E-state index is 13.0. The molecule has 1 aromatic rings. The number of halogens is 2. The van der Waals surface area contributed by atoms with Crippen LogP contribution in [0.15, 0.2) is 18.2 Å². The van der Waals surface area contributed by atoms with Crippen molar-refractivity contribution in [3.05, 3.63) is 29.6 Å². The summed E-state index contributed by atoms with van der Waals surface area (Å²) in [6.45, 7) is 3.10. The molecule has 4 heteroatoms. The van der Waals surface area contributed by atoms with E-state index in [1.165, 1.54) is 11.3 Å². The Kier molecular flexibility index (Phi) is 2.85. The molecule has 0 radical (unpaired) electrons. The molecule has 1 fully saturated rings. The second-order valence-electron chi connectivity index (χ2n) is 4.03. The van der Waals surface area contributed by atoms with Gasteiger partial charge in [-0.3, -0.25) is 0 Å². The summed E-state index contributed by atoms with van der Waals surface area (Å²) in [5, 5.41) is 3.37. The summed E-state index contributed by atoms with van der Waals surface area (Å²) in [6.07, 6.45) is 0.986. The third-order valence-corrected chi connectivity index (χ3v) is 3.16. The quantitative estimate of drug-likeness (QED) is 0.726. The van der Waals surface area contributed by atoms with E-state index in [4.69, 9.17) is 0 Å². The average Bonchev–Trinajstić information content (AvgIpc) is 2.54. The van der Waals surface area contributed by atoms with Crippen LogP contribution < -0.4 is 10.2 Å². The van der Waals surface area contributed by atoms with Gasteiger partial charge in [-0.15, -0.1) is 12.4 Å².